The van der Waals surface area contributed by atoms with Gasteiger partial charge in [-0.1, -0.05) is 13.8 Å². The molecule has 0 unspecified atom stereocenters. The highest BCUT2D eigenvalue weighted by molar-refractivity contribution is 7.88. The molecule has 1 aliphatic heterocycles. The third-order valence-corrected chi connectivity index (χ3v) is 5.63. The first-order valence-corrected chi connectivity index (χ1v) is 10.1. The Morgan fingerprint density at radius 1 is 1.38 bits per heavy atom. The number of carbonyl (C=O) groups is 1. The number of nitrogens with one attached hydrogen (secondary N) is 1. The molecule has 0 bridgehead atoms. The first-order chi connectivity index (χ1) is 11.2. The van der Waals surface area contributed by atoms with E-state index in [1.807, 2.05) is 20.8 Å². The second kappa shape index (κ2) is 7.57. The zero-order chi connectivity index (χ0) is 17.9. The zero-order valence-electron chi connectivity index (χ0n) is 14.7. The molecule has 0 spiro atoms. The highest BCUT2D eigenvalue weighted by Crippen LogP contribution is 2.19. The monoisotopic (exact) mass is 354 g/mol. The van der Waals surface area contributed by atoms with Crippen molar-refractivity contribution in [2.75, 3.05) is 25.9 Å². The maximum Gasteiger partial charge on any atom is 0.254 e. The molecule has 134 valence electrons. The van der Waals surface area contributed by atoms with E-state index in [2.05, 4.69) is 15.3 Å². The second-order valence-corrected chi connectivity index (χ2v) is 8.67. The molecule has 24 heavy (non-hydrogen) atoms. The quantitative estimate of drug-likeness (QED) is 0.861. The van der Waals surface area contributed by atoms with Crippen molar-refractivity contribution in [2.24, 2.45) is 5.92 Å². The Balaban J connectivity index is 1.93. The molecule has 8 heteroatoms. The van der Waals surface area contributed by atoms with Crippen LogP contribution in [0.5, 0.6) is 0 Å². The van der Waals surface area contributed by atoms with Gasteiger partial charge in [-0.2, -0.15) is 0 Å². The van der Waals surface area contributed by atoms with Crippen molar-refractivity contribution in [3.63, 3.8) is 0 Å². The van der Waals surface area contributed by atoms with Gasteiger partial charge in [0.2, 0.25) is 10.0 Å². The number of amides is 1. The van der Waals surface area contributed by atoms with Crippen molar-refractivity contribution in [3.8, 4) is 0 Å². The predicted octanol–water partition coefficient (Wildman–Crippen LogP) is 1.31. The number of aryl methyl sites for hydroxylation is 1. The summed E-state index contributed by atoms with van der Waals surface area (Å²) < 4.78 is 24.5. The molecule has 0 atom stereocenters. The van der Waals surface area contributed by atoms with Crippen LogP contribution in [0.15, 0.2) is 6.20 Å². The highest BCUT2D eigenvalue weighted by atomic mass is 32.2. The number of hydrogen-bond acceptors (Lipinski definition) is 5. The molecular weight excluding hydrogens is 328 g/mol. The fraction of sp³-hybridized carbons (Fsp3) is 0.688. The van der Waals surface area contributed by atoms with Crippen molar-refractivity contribution in [1.29, 1.82) is 0 Å². The fourth-order valence-electron chi connectivity index (χ4n) is 2.88. The maximum absolute atomic E-state index is 12.5. The number of sulfonamides is 1. The Hall–Kier alpha value is -1.54. The predicted molar refractivity (Wildman–Crippen MR) is 92.3 cm³/mol. The van der Waals surface area contributed by atoms with Gasteiger partial charge in [0.1, 0.15) is 5.82 Å². The summed E-state index contributed by atoms with van der Waals surface area (Å²) in [6.45, 7) is 7.39. The minimum absolute atomic E-state index is 0.144. The molecule has 0 saturated carbocycles. The number of hydrogen-bond donors (Lipinski definition) is 1. The van der Waals surface area contributed by atoms with E-state index in [0.29, 0.717) is 36.9 Å². The first kappa shape index (κ1) is 18.8. The van der Waals surface area contributed by atoms with Gasteiger partial charge < -0.3 is 5.32 Å². The number of aromatic nitrogens is 2. The topological polar surface area (TPSA) is 92.3 Å². The van der Waals surface area contributed by atoms with Gasteiger partial charge in [0.05, 0.1) is 17.5 Å². The standard InChI is InChI=1S/C16H26N4O3S/c1-11(2)15-14(10-17-12(3)19-15)16(21)18-9-13-5-7-20(8-6-13)24(4,22)23/h10-11,13H,5-9H2,1-4H3,(H,18,21). The van der Waals surface area contributed by atoms with Gasteiger partial charge in [-0.25, -0.2) is 22.7 Å². The highest BCUT2D eigenvalue weighted by Gasteiger charge is 2.25. The van der Waals surface area contributed by atoms with Crippen molar-refractivity contribution in [2.45, 2.75) is 39.5 Å². The molecule has 1 aromatic heterocycles. The number of carbonyl (C=O) groups excluding carboxylic acids is 1. The first-order valence-electron chi connectivity index (χ1n) is 8.25. The van der Waals surface area contributed by atoms with Gasteiger partial charge in [-0.15, -0.1) is 0 Å². The van der Waals surface area contributed by atoms with E-state index in [-0.39, 0.29) is 11.8 Å². The minimum Gasteiger partial charge on any atom is -0.352 e. The summed E-state index contributed by atoms with van der Waals surface area (Å²) in [4.78, 5) is 21.0. The lowest BCUT2D eigenvalue weighted by atomic mass is 9.98. The molecule has 1 saturated heterocycles. The minimum atomic E-state index is -3.11. The van der Waals surface area contributed by atoms with E-state index in [4.69, 9.17) is 0 Å². The third-order valence-electron chi connectivity index (χ3n) is 4.32. The molecule has 2 rings (SSSR count). The van der Waals surface area contributed by atoms with Gasteiger partial charge in [0, 0.05) is 25.8 Å². The summed E-state index contributed by atoms with van der Waals surface area (Å²) in [5.74, 6) is 0.930. The molecule has 7 nitrogen and oxygen atoms in total. The van der Waals surface area contributed by atoms with E-state index in [1.165, 1.54) is 10.6 Å². The average molecular weight is 354 g/mol. The van der Waals surface area contributed by atoms with Gasteiger partial charge in [0.15, 0.2) is 0 Å². The summed E-state index contributed by atoms with van der Waals surface area (Å²) in [6, 6.07) is 0. The maximum atomic E-state index is 12.5. The summed E-state index contributed by atoms with van der Waals surface area (Å²) in [5.41, 5.74) is 1.27. The zero-order valence-corrected chi connectivity index (χ0v) is 15.6. The van der Waals surface area contributed by atoms with E-state index >= 15 is 0 Å². The average Bonchev–Trinajstić information content (AvgIpc) is 2.52. The molecule has 0 aromatic carbocycles. The molecule has 2 heterocycles. The summed E-state index contributed by atoms with van der Waals surface area (Å²) in [7, 11) is -3.11. The van der Waals surface area contributed by atoms with Crippen molar-refractivity contribution >= 4 is 15.9 Å². The van der Waals surface area contributed by atoms with Crippen LogP contribution in [0.2, 0.25) is 0 Å². The summed E-state index contributed by atoms with van der Waals surface area (Å²) in [5, 5.41) is 2.95. The number of nitrogens with zero attached hydrogens (tertiary/aromatic N) is 3. The number of piperidine rings is 1. The SMILES string of the molecule is Cc1ncc(C(=O)NCC2CCN(S(C)(=O)=O)CC2)c(C(C)C)n1. The van der Waals surface area contributed by atoms with Crippen LogP contribution in [-0.2, 0) is 10.0 Å². The van der Waals surface area contributed by atoms with Crippen molar-refractivity contribution in [3.05, 3.63) is 23.3 Å². The smallest absolute Gasteiger partial charge is 0.254 e. The van der Waals surface area contributed by atoms with Crippen LogP contribution in [-0.4, -0.2) is 54.5 Å². The van der Waals surface area contributed by atoms with E-state index in [9.17, 15) is 13.2 Å². The Morgan fingerprint density at radius 3 is 2.54 bits per heavy atom. The van der Waals surface area contributed by atoms with E-state index < -0.39 is 10.0 Å². The Bertz CT molecular complexity index is 695. The normalized spacial score (nSPS) is 17.2. The Labute approximate surface area is 143 Å². The van der Waals surface area contributed by atoms with Crippen LogP contribution in [0, 0.1) is 12.8 Å². The van der Waals surface area contributed by atoms with Crippen LogP contribution in [0.25, 0.3) is 0 Å². The molecule has 1 aromatic rings. The van der Waals surface area contributed by atoms with Crippen molar-refractivity contribution < 1.29 is 13.2 Å². The van der Waals surface area contributed by atoms with Crippen molar-refractivity contribution in [1.82, 2.24) is 19.6 Å². The van der Waals surface area contributed by atoms with Crippen LogP contribution in [0.1, 0.15) is 54.5 Å². The molecule has 0 aliphatic carbocycles. The van der Waals surface area contributed by atoms with E-state index in [0.717, 1.165) is 18.5 Å². The van der Waals surface area contributed by atoms with Crippen LogP contribution in [0.4, 0.5) is 0 Å². The van der Waals surface area contributed by atoms with Gasteiger partial charge in [0.25, 0.3) is 5.91 Å². The molecule has 0 radical (unpaired) electrons. The lowest BCUT2D eigenvalue weighted by Crippen LogP contribution is -2.41. The fourth-order valence-corrected chi connectivity index (χ4v) is 3.75. The van der Waals surface area contributed by atoms with Gasteiger partial charge in [-0.3, -0.25) is 4.79 Å². The lowest BCUT2D eigenvalue weighted by Gasteiger charge is -2.30. The summed E-state index contributed by atoms with van der Waals surface area (Å²) >= 11 is 0. The summed E-state index contributed by atoms with van der Waals surface area (Å²) in [6.07, 6.45) is 4.34. The third kappa shape index (κ3) is 4.73. The second-order valence-electron chi connectivity index (χ2n) is 6.69. The van der Waals surface area contributed by atoms with Gasteiger partial charge >= 0.3 is 0 Å². The molecule has 1 fully saturated rings. The van der Waals surface area contributed by atoms with E-state index in [1.54, 1.807) is 6.20 Å². The Morgan fingerprint density at radius 2 is 2.00 bits per heavy atom. The lowest BCUT2D eigenvalue weighted by molar-refractivity contribution is 0.0939. The molecule has 1 amide bonds. The van der Waals surface area contributed by atoms with Crippen LogP contribution in [0.3, 0.4) is 0 Å². The van der Waals surface area contributed by atoms with Gasteiger partial charge in [-0.05, 0) is 31.6 Å². The largest absolute Gasteiger partial charge is 0.352 e. The Kier molecular flexibility index (Phi) is 5.92. The molecule has 1 N–H and O–H groups in total. The van der Waals surface area contributed by atoms with Crippen LogP contribution >= 0.6 is 0 Å². The molecule has 1 aliphatic rings. The number of rotatable bonds is 5. The van der Waals surface area contributed by atoms with Crippen LogP contribution < -0.4 is 5.32 Å². The molecular formula is C16H26N4O3S.